The zero-order valence-corrected chi connectivity index (χ0v) is 13.6. The minimum atomic E-state index is -0.963. The van der Waals surface area contributed by atoms with Gasteiger partial charge in [0.15, 0.2) is 0 Å². The van der Waals surface area contributed by atoms with E-state index in [1.807, 2.05) is 36.4 Å². The number of aromatic nitrogens is 1. The van der Waals surface area contributed by atoms with E-state index < -0.39 is 6.17 Å². The van der Waals surface area contributed by atoms with E-state index in [1.54, 1.807) is 29.8 Å². The third-order valence-electron chi connectivity index (χ3n) is 4.08. The third-order valence-corrected chi connectivity index (χ3v) is 4.08. The van der Waals surface area contributed by atoms with Crippen LogP contribution in [-0.2, 0) is 13.2 Å². The number of rotatable bonds is 5. The molecule has 0 aliphatic heterocycles. The van der Waals surface area contributed by atoms with Gasteiger partial charge in [0, 0.05) is 19.2 Å². The molecule has 0 N–H and O–H groups in total. The molecule has 0 fully saturated rings. The zero-order chi connectivity index (χ0) is 16.9. The van der Waals surface area contributed by atoms with Crippen molar-refractivity contribution in [3.8, 4) is 5.75 Å². The summed E-state index contributed by atoms with van der Waals surface area (Å²) in [4.78, 5) is 12.5. The van der Waals surface area contributed by atoms with Gasteiger partial charge in [0.05, 0.1) is 5.56 Å². The molecule has 0 radical (unpaired) electrons. The van der Waals surface area contributed by atoms with E-state index in [1.165, 1.54) is 6.08 Å². The lowest BCUT2D eigenvalue weighted by atomic mass is 10.0. The summed E-state index contributed by atoms with van der Waals surface area (Å²) in [5.74, 6) is 0.584. The molecule has 0 spiro atoms. The first-order valence-electron chi connectivity index (χ1n) is 8.00. The van der Waals surface area contributed by atoms with Gasteiger partial charge in [-0.05, 0) is 24.1 Å². The minimum Gasteiger partial charge on any atom is -0.488 e. The van der Waals surface area contributed by atoms with Gasteiger partial charge in [-0.3, -0.25) is 4.79 Å². The summed E-state index contributed by atoms with van der Waals surface area (Å²) in [5.41, 5.74) is 2.42. The minimum absolute atomic E-state index is 0.105. The van der Waals surface area contributed by atoms with Crippen molar-refractivity contribution >= 4 is 0 Å². The maximum atomic E-state index is 13.4. The van der Waals surface area contributed by atoms with Gasteiger partial charge in [0.25, 0.3) is 5.56 Å². The molecule has 1 aliphatic carbocycles. The molecular weight excluding hydrogens is 305 g/mol. The molecule has 1 aromatic carbocycles. The lowest BCUT2D eigenvalue weighted by Crippen LogP contribution is -2.24. The van der Waals surface area contributed by atoms with Crippen molar-refractivity contribution in [3.05, 3.63) is 87.9 Å². The standard InChI is InChI=1S/C20H20FNO2/c1-15-19(24-14-16-6-3-2-4-7-16)10-11-22(20(15)23)13-17-8-5-9-18(21)12-17/h2-11,18H,12-14H2,1H3. The van der Waals surface area contributed by atoms with Crippen LogP contribution in [0.1, 0.15) is 17.5 Å². The van der Waals surface area contributed by atoms with Crippen molar-refractivity contribution in [2.24, 2.45) is 0 Å². The highest BCUT2D eigenvalue weighted by atomic mass is 19.1. The van der Waals surface area contributed by atoms with Crippen molar-refractivity contribution in [1.29, 1.82) is 0 Å². The first-order chi connectivity index (χ1) is 11.6. The van der Waals surface area contributed by atoms with Crippen LogP contribution in [-0.4, -0.2) is 10.7 Å². The number of benzene rings is 1. The molecule has 0 saturated carbocycles. The van der Waals surface area contributed by atoms with E-state index >= 15 is 0 Å². The second kappa shape index (κ2) is 7.30. The van der Waals surface area contributed by atoms with Crippen molar-refractivity contribution in [3.63, 3.8) is 0 Å². The zero-order valence-electron chi connectivity index (χ0n) is 13.6. The van der Waals surface area contributed by atoms with Gasteiger partial charge >= 0.3 is 0 Å². The lowest BCUT2D eigenvalue weighted by Gasteiger charge is -2.15. The summed E-state index contributed by atoms with van der Waals surface area (Å²) < 4.78 is 20.8. The number of allylic oxidation sites excluding steroid dienone is 4. The van der Waals surface area contributed by atoms with Crippen molar-refractivity contribution < 1.29 is 9.13 Å². The van der Waals surface area contributed by atoms with Crippen LogP contribution in [0.2, 0.25) is 0 Å². The SMILES string of the molecule is Cc1c(OCc2ccccc2)ccn(CC2=CC=CC(F)C2)c1=O. The summed E-state index contributed by atoms with van der Waals surface area (Å²) in [6.07, 6.45) is 6.19. The highest BCUT2D eigenvalue weighted by Gasteiger charge is 2.13. The molecule has 0 bridgehead atoms. The molecule has 1 atom stereocenters. The first kappa shape index (κ1) is 16.2. The highest BCUT2D eigenvalue weighted by molar-refractivity contribution is 5.30. The van der Waals surface area contributed by atoms with Crippen LogP contribution in [0, 0.1) is 6.92 Å². The van der Waals surface area contributed by atoms with Gasteiger partial charge in [-0.2, -0.15) is 0 Å². The maximum absolute atomic E-state index is 13.4. The topological polar surface area (TPSA) is 31.2 Å². The van der Waals surface area contributed by atoms with Crippen LogP contribution in [0.25, 0.3) is 0 Å². The summed E-state index contributed by atoms with van der Waals surface area (Å²) in [7, 11) is 0. The summed E-state index contributed by atoms with van der Waals surface area (Å²) >= 11 is 0. The van der Waals surface area contributed by atoms with E-state index in [4.69, 9.17) is 4.74 Å². The Bertz CT molecular complexity index is 821. The Kier molecular flexibility index (Phi) is 4.94. The number of ether oxygens (including phenoxy) is 1. The van der Waals surface area contributed by atoms with Gasteiger partial charge in [0.1, 0.15) is 18.5 Å². The monoisotopic (exact) mass is 325 g/mol. The number of halogens is 1. The van der Waals surface area contributed by atoms with E-state index in [-0.39, 0.29) is 5.56 Å². The van der Waals surface area contributed by atoms with Crippen molar-refractivity contribution in [2.45, 2.75) is 32.7 Å². The van der Waals surface area contributed by atoms with Crippen LogP contribution >= 0.6 is 0 Å². The summed E-state index contributed by atoms with van der Waals surface area (Å²) in [6.45, 7) is 2.58. The Balaban J connectivity index is 1.73. The molecule has 0 amide bonds. The molecule has 1 aliphatic rings. The number of hydrogen-bond acceptors (Lipinski definition) is 2. The van der Waals surface area contributed by atoms with Crippen LogP contribution in [0.4, 0.5) is 4.39 Å². The van der Waals surface area contributed by atoms with Gasteiger partial charge in [-0.25, -0.2) is 4.39 Å². The molecule has 4 heteroatoms. The molecule has 0 saturated heterocycles. The van der Waals surface area contributed by atoms with Crippen LogP contribution in [0.15, 0.2) is 71.2 Å². The molecule has 2 aromatic rings. The Hall–Kier alpha value is -2.62. The molecule has 1 heterocycles. The Morgan fingerprint density at radius 2 is 2.04 bits per heavy atom. The van der Waals surface area contributed by atoms with Crippen molar-refractivity contribution in [2.75, 3.05) is 0 Å². The van der Waals surface area contributed by atoms with Crippen LogP contribution in [0.5, 0.6) is 5.75 Å². The molecule has 3 rings (SSSR count). The fraction of sp³-hybridized carbons (Fsp3) is 0.250. The predicted octanol–water partition coefficient (Wildman–Crippen LogP) is 3.96. The third kappa shape index (κ3) is 3.82. The Morgan fingerprint density at radius 3 is 2.79 bits per heavy atom. The number of hydrogen-bond donors (Lipinski definition) is 0. The van der Waals surface area contributed by atoms with E-state index in [9.17, 15) is 9.18 Å². The number of alkyl halides is 1. The molecular formula is C20H20FNO2. The van der Waals surface area contributed by atoms with E-state index in [0.29, 0.717) is 30.9 Å². The van der Waals surface area contributed by atoms with Gasteiger partial charge in [-0.1, -0.05) is 48.6 Å². The average molecular weight is 325 g/mol. The quantitative estimate of drug-likeness (QED) is 0.833. The van der Waals surface area contributed by atoms with Crippen molar-refractivity contribution in [1.82, 2.24) is 4.57 Å². The smallest absolute Gasteiger partial charge is 0.257 e. The molecule has 124 valence electrons. The van der Waals surface area contributed by atoms with Gasteiger partial charge < -0.3 is 9.30 Å². The fourth-order valence-corrected chi connectivity index (χ4v) is 2.72. The van der Waals surface area contributed by atoms with E-state index in [2.05, 4.69) is 0 Å². The molecule has 1 unspecified atom stereocenters. The second-order valence-corrected chi connectivity index (χ2v) is 5.94. The largest absolute Gasteiger partial charge is 0.488 e. The Labute approximate surface area is 140 Å². The first-order valence-corrected chi connectivity index (χ1v) is 8.00. The molecule has 3 nitrogen and oxygen atoms in total. The Morgan fingerprint density at radius 1 is 1.25 bits per heavy atom. The lowest BCUT2D eigenvalue weighted by molar-refractivity contribution is 0.302. The van der Waals surface area contributed by atoms with Gasteiger partial charge in [-0.15, -0.1) is 0 Å². The molecule has 24 heavy (non-hydrogen) atoms. The predicted molar refractivity (Wildman–Crippen MR) is 92.9 cm³/mol. The van der Waals surface area contributed by atoms with E-state index in [0.717, 1.165) is 11.1 Å². The summed E-state index contributed by atoms with van der Waals surface area (Å²) in [5, 5.41) is 0. The maximum Gasteiger partial charge on any atom is 0.257 e. The fourth-order valence-electron chi connectivity index (χ4n) is 2.72. The van der Waals surface area contributed by atoms with Crippen LogP contribution < -0.4 is 10.3 Å². The van der Waals surface area contributed by atoms with Gasteiger partial charge in [0.2, 0.25) is 0 Å². The summed E-state index contributed by atoms with van der Waals surface area (Å²) in [6, 6.07) is 11.6. The number of pyridine rings is 1. The van der Waals surface area contributed by atoms with Crippen LogP contribution in [0.3, 0.4) is 0 Å². The second-order valence-electron chi connectivity index (χ2n) is 5.94. The highest BCUT2D eigenvalue weighted by Crippen LogP contribution is 2.19. The normalized spacial score (nSPS) is 16.8. The average Bonchev–Trinajstić information content (AvgIpc) is 2.59. The number of nitrogens with zero attached hydrogens (tertiary/aromatic N) is 1. The molecule has 1 aromatic heterocycles.